The third-order valence-electron chi connectivity index (χ3n) is 2.54. The summed E-state index contributed by atoms with van der Waals surface area (Å²) >= 11 is 0. The Morgan fingerprint density at radius 1 is 1.18 bits per heavy atom. The molecule has 0 bridgehead atoms. The highest BCUT2D eigenvalue weighted by molar-refractivity contribution is 5.53. The van der Waals surface area contributed by atoms with Crippen LogP contribution < -0.4 is 11.1 Å². The second-order valence-electron chi connectivity index (χ2n) is 3.75. The number of aromatic nitrogens is 2. The molecule has 3 N–H and O–H groups in total. The van der Waals surface area contributed by atoms with Gasteiger partial charge in [0.15, 0.2) is 0 Å². The normalized spacial score (nSPS) is 10.2. The number of nitrogens with zero attached hydrogens (tertiary/aromatic N) is 2. The average Bonchev–Trinajstić information content (AvgIpc) is 2.40. The van der Waals surface area contributed by atoms with Crippen LogP contribution in [0.2, 0.25) is 0 Å². The van der Waals surface area contributed by atoms with E-state index in [1.54, 1.807) is 6.20 Å². The van der Waals surface area contributed by atoms with Gasteiger partial charge in [-0.15, -0.1) is 0 Å². The summed E-state index contributed by atoms with van der Waals surface area (Å²) in [6, 6.07) is 10.0. The van der Waals surface area contributed by atoms with E-state index in [-0.39, 0.29) is 0 Å². The predicted molar refractivity (Wildman–Crippen MR) is 69.0 cm³/mol. The number of hydrogen-bond acceptors (Lipinski definition) is 4. The Kier molecular flexibility index (Phi) is 3.67. The van der Waals surface area contributed by atoms with Gasteiger partial charge < -0.3 is 11.1 Å². The number of anilines is 2. The van der Waals surface area contributed by atoms with E-state index in [1.807, 2.05) is 18.2 Å². The van der Waals surface area contributed by atoms with Crippen LogP contribution in [0.4, 0.5) is 11.6 Å². The molecule has 0 radical (unpaired) electrons. The van der Waals surface area contributed by atoms with Gasteiger partial charge in [-0.3, -0.25) is 0 Å². The molecule has 0 atom stereocenters. The summed E-state index contributed by atoms with van der Waals surface area (Å²) in [6.07, 6.45) is 2.75. The summed E-state index contributed by atoms with van der Waals surface area (Å²) in [5, 5.41) is 3.15. The van der Waals surface area contributed by atoms with Crippen molar-refractivity contribution in [3.8, 4) is 0 Å². The zero-order chi connectivity index (χ0) is 12.1. The van der Waals surface area contributed by atoms with Gasteiger partial charge in [0.05, 0.1) is 5.69 Å². The number of nitrogens with one attached hydrogen (secondary N) is 1. The highest BCUT2D eigenvalue weighted by Crippen LogP contribution is 2.14. The summed E-state index contributed by atoms with van der Waals surface area (Å²) in [7, 11) is 0. The first-order valence-corrected chi connectivity index (χ1v) is 5.69. The third kappa shape index (κ3) is 3.01. The van der Waals surface area contributed by atoms with E-state index in [2.05, 4.69) is 34.3 Å². The molecule has 0 aliphatic rings. The molecule has 0 aliphatic heterocycles. The fraction of sp³-hybridized carbons (Fsp3) is 0.231. The smallest absolute Gasteiger partial charge is 0.227 e. The van der Waals surface area contributed by atoms with Crippen LogP contribution in [0.1, 0.15) is 18.2 Å². The van der Waals surface area contributed by atoms with Crippen LogP contribution >= 0.6 is 0 Å². The molecule has 0 amide bonds. The van der Waals surface area contributed by atoms with E-state index < -0.39 is 0 Å². The third-order valence-corrected chi connectivity index (χ3v) is 2.54. The summed E-state index contributed by atoms with van der Waals surface area (Å²) in [5.74, 6) is 0.581. The molecule has 4 heteroatoms. The molecule has 2 rings (SSSR count). The molecule has 4 nitrogen and oxygen atoms in total. The molecule has 17 heavy (non-hydrogen) atoms. The number of hydrogen-bond donors (Lipinski definition) is 2. The van der Waals surface area contributed by atoms with Crippen molar-refractivity contribution in [1.82, 2.24) is 9.97 Å². The van der Waals surface area contributed by atoms with Crippen LogP contribution in [0.3, 0.4) is 0 Å². The number of nitrogens with two attached hydrogens (primary N) is 1. The van der Waals surface area contributed by atoms with Gasteiger partial charge in [0.25, 0.3) is 0 Å². The van der Waals surface area contributed by atoms with Crippen molar-refractivity contribution in [3.05, 3.63) is 47.8 Å². The van der Waals surface area contributed by atoms with Gasteiger partial charge in [0.2, 0.25) is 5.95 Å². The molecule has 0 fully saturated rings. The van der Waals surface area contributed by atoms with Crippen LogP contribution in [0.5, 0.6) is 0 Å². The average molecular weight is 228 g/mol. The maximum absolute atomic E-state index is 5.53. The first-order chi connectivity index (χ1) is 8.31. The zero-order valence-corrected chi connectivity index (χ0v) is 9.85. The molecule has 1 heterocycles. The van der Waals surface area contributed by atoms with Gasteiger partial charge in [-0.05, 0) is 30.2 Å². The molecule has 2 aromatic rings. The molecule has 0 aliphatic carbocycles. The van der Waals surface area contributed by atoms with Crippen LogP contribution in [0, 0.1) is 0 Å². The molecule has 0 saturated carbocycles. The second kappa shape index (κ2) is 5.41. The largest absolute Gasteiger partial charge is 0.325 e. The Morgan fingerprint density at radius 2 is 1.94 bits per heavy atom. The quantitative estimate of drug-likeness (QED) is 0.842. The standard InChI is InChI=1S/C13H16N4/c1-2-10-3-5-11(6-4-10)16-13-15-8-7-12(9-14)17-13/h3-8H,2,9,14H2,1H3,(H,15,16,17). The highest BCUT2D eigenvalue weighted by atomic mass is 15.1. The molecule has 0 spiro atoms. The summed E-state index contributed by atoms with van der Waals surface area (Å²) < 4.78 is 0. The lowest BCUT2D eigenvalue weighted by atomic mass is 10.1. The van der Waals surface area contributed by atoms with Gasteiger partial charge in [0.1, 0.15) is 0 Å². The van der Waals surface area contributed by atoms with Gasteiger partial charge in [-0.1, -0.05) is 19.1 Å². The molecule has 1 aromatic carbocycles. The summed E-state index contributed by atoms with van der Waals surface area (Å²) in [5.41, 5.74) is 8.65. The topological polar surface area (TPSA) is 63.8 Å². The van der Waals surface area contributed by atoms with E-state index in [1.165, 1.54) is 5.56 Å². The minimum Gasteiger partial charge on any atom is -0.325 e. The number of rotatable bonds is 4. The van der Waals surface area contributed by atoms with E-state index in [0.717, 1.165) is 17.8 Å². The lowest BCUT2D eigenvalue weighted by Crippen LogP contribution is -2.03. The molecular formula is C13H16N4. The molecular weight excluding hydrogens is 212 g/mol. The van der Waals surface area contributed by atoms with Crippen molar-refractivity contribution in [2.75, 3.05) is 5.32 Å². The number of benzene rings is 1. The van der Waals surface area contributed by atoms with E-state index in [4.69, 9.17) is 5.73 Å². The van der Waals surface area contributed by atoms with Crippen molar-refractivity contribution in [1.29, 1.82) is 0 Å². The fourth-order valence-electron chi connectivity index (χ4n) is 1.52. The van der Waals surface area contributed by atoms with Crippen LogP contribution in [0.25, 0.3) is 0 Å². The molecule has 1 aromatic heterocycles. The van der Waals surface area contributed by atoms with E-state index >= 15 is 0 Å². The predicted octanol–water partition coefficient (Wildman–Crippen LogP) is 2.24. The Balaban J connectivity index is 2.13. The Labute approximate surface area is 101 Å². The fourth-order valence-corrected chi connectivity index (χ4v) is 1.52. The van der Waals surface area contributed by atoms with Crippen molar-refractivity contribution < 1.29 is 0 Å². The van der Waals surface area contributed by atoms with Crippen LogP contribution in [0.15, 0.2) is 36.5 Å². The Hall–Kier alpha value is -1.94. The molecule has 0 saturated heterocycles. The minimum atomic E-state index is 0.423. The van der Waals surface area contributed by atoms with Gasteiger partial charge >= 0.3 is 0 Å². The second-order valence-corrected chi connectivity index (χ2v) is 3.75. The molecule has 0 unspecified atom stereocenters. The number of aryl methyl sites for hydroxylation is 1. The maximum Gasteiger partial charge on any atom is 0.227 e. The van der Waals surface area contributed by atoms with E-state index in [0.29, 0.717) is 12.5 Å². The van der Waals surface area contributed by atoms with Gasteiger partial charge in [0, 0.05) is 18.4 Å². The SMILES string of the molecule is CCc1ccc(Nc2nccc(CN)n2)cc1. The van der Waals surface area contributed by atoms with Gasteiger partial charge in [-0.25, -0.2) is 9.97 Å². The van der Waals surface area contributed by atoms with Gasteiger partial charge in [-0.2, -0.15) is 0 Å². The van der Waals surface area contributed by atoms with Crippen molar-refractivity contribution >= 4 is 11.6 Å². The Bertz CT molecular complexity index is 479. The Morgan fingerprint density at radius 3 is 2.59 bits per heavy atom. The first kappa shape index (κ1) is 11.5. The monoisotopic (exact) mass is 228 g/mol. The minimum absolute atomic E-state index is 0.423. The van der Waals surface area contributed by atoms with Crippen LogP contribution in [-0.2, 0) is 13.0 Å². The molecule has 88 valence electrons. The van der Waals surface area contributed by atoms with Crippen molar-refractivity contribution in [3.63, 3.8) is 0 Å². The lowest BCUT2D eigenvalue weighted by Gasteiger charge is -2.06. The summed E-state index contributed by atoms with van der Waals surface area (Å²) in [4.78, 5) is 8.43. The summed E-state index contributed by atoms with van der Waals surface area (Å²) in [6.45, 7) is 2.56. The first-order valence-electron chi connectivity index (χ1n) is 5.69. The lowest BCUT2D eigenvalue weighted by molar-refractivity contribution is 0.969. The van der Waals surface area contributed by atoms with Crippen LogP contribution in [-0.4, -0.2) is 9.97 Å². The van der Waals surface area contributed by atoms with Crippen molar-refractivity contribution in [2.45, 2.75) is 19.9 Å². The maximum atomic E-state index is 5.53. The zero-order valence-electron chi connectivity index (χ0n) is 9.85. The van der Waals surface area contributed by atoms with E-state index in [9.17, 15) is 0 Å². The highest BCUT2D eigenvalue weighted by Gasteiger charge is 1.99. The van der Waals surface area contributed by atoms with Crippen molar-refractivity contribution in [2.24, 2.45) is 5.73 Å².